The molecule has 0 bridgehead atoms. The van der Waals surface area contributed by atoms with Crippen LogP contribution in [0.25, 0.3) is 0 Å². The summed E-state index contributed by atoms with van der Waals surface area (Å²) in [4.78, 5) is 11.2. The molecule has 3 heteroatoms. The smallest absolute Gasteiger partial charge is 0.234 e. The molecule has 18 heavy (non-hydrogen) atoms. The van der Waals surface area contributed by atoms with E-state index in [1.165, 1.54) is 44.9 Å². The number of rotatable bonds is 4. The van der Waals surface area contributed by atoms with Gasteiger partial charge in [0.1, 0.15) is 0 Å². The van der Waals surface area contributed by atoms with Gasteiger partial charge in [0.25, 0.3) is 0 Å². The van der Waals surface area contributed by atoms with Crippen molar-refractivity contribution in [2.45, 2.75) is 64.3 Å². The van der Waals surface area contributed by atoms with Crippen molar-refractivity contribution in [3.05, 3.63) is 0 Å². The van der Waals surface area contributed by atoms with Crippen LogP contribution < -0.4 is 11.1 Å². The molecule has 0 aromatic heterocycles. The monoisotopic (exact) mass is 252 g/mol. The highest BCUT2D eigenvalue weighted by Crippen LogP contribution is 2.33. The number of carbonyl (C=O) groups is 1. The Morgan fingerprint density at radius 3 is 2.44 bits per heavy atom. The Labute approximate surface area is 111 Å². The Hall–Kier alpha value is -0.570. The Morgan fingerprint density at radius 2 is 1.78 bits per heavy atom. The number of amides is 1. The van der Waals surface area contributed by atoms with Gasteiger partial charge in [0.15, 0.2) is 0 Å². The molecule has 2 aliphatic rings. The van der Waals surface area contributed by atoms with Gasteiger partial charge in [0, 0.05) is 0 Å². The third kappa shape index (κ3) is 3.98. The maximum atomic E-state index is 11.2. The number of primary amides is 1. The quantitative estimate of drug-likeness (QED) is 0.807. The number of hydrogen-bond donors (Lipinski definition) is 2. The molecule has 1 saturated carbocycles. The molecule has 0 aromatic rings. The van der Waals surface area contributed by atoms with Crippen molar-refractivity contribution in [1.82, 2.24) is 5.32 Å². The predicted octanol–water partition coefficient (Wildman–Crippen LogP) is 2.45. The van der Waals surface area contributed by atoms with Gasteiger partial charge in [-0.3, -0.25) is 4.79 Å². The van der Waals surface area contributed by atoms with E-state index < -0.39 is 0 Å². The molecule has 1 heterocycles. The summed E-state index contributed by atoms with van der Waals surface area (Å²) >= 11 is 0. The minimum atomic E-state index is -0.175. The van der Waals surface area contributed by atoms with Crippen molar-refractivity contribution >= 4 is 5.91 Å². The first-order valence-corrected chi connectivity index (χ1v) is 7.68. The molecule has 1 saturated heterocycles. The Morgan fingerprint density at radius 1 is 1.11 bits per heavy atom. The Bertz CT molecular complexity index is 272. The van der Waals surface area contributed by atoms with Crippen LogP contribution in [0.15, 0.2) is 0 Å². The summed E-state index contributed by atoms with van der Waals surface area (Å²) in [5.74, 6) is 2.43. The zero-order chi connectivity index (χ0) is 13.0. The molecular formula is C15H28N2O. The number of hydrogen-bond acceptors (Lipinski definition) is 2. The molecule has 2 fully saturated rings. The van der Waals surface area contributed by atoms with Crippen LogP contribution in [0.5, 0.6) is 0 Å². The zero-order valence-electron chi connectivity index (χ0n) is 11.7. The van der Waals surface area contributed by atoms with Crippen LogP contribution in [-0.4, -0.2) is 18.5 Å². The van der Waals surface area contributed by atoms with Gasteiger partial charge in [-0.2, -0.15) is 0 Å². The van der Waals surface area contributed by atoms with Gasteiger partial charge >= 0.3 is 0 Å². The summed E-state index contributed by atoms with van der Waals surface area (Å²) in [6.07, 6.45) is 10.5. The van der Waals surface area contributed by atoms with Gasteiger partial charge in [0.05, 0.1) is 6.04 Å². The summed E-state index contributed by atoms with van der Waals surface area (Å²) in [5, 5.41) is 3.22. The van der Waals surface area contributed by atoms with E-state index in [1.807, 2.05) is 0 Å². The lowest BCUT2D eigenvalue weighted by atomic mass is 9.78. The molecular weight excluding hydrogens is 224 g/mol. The van der Waals surface area contributed by atoms with E-state index in [1.54, 1.807) is 0 Å². The fourth-order valence-electron chi connectivity index (χ4n) is 3.56. The normalized spacial score (nSPS) is 37.4. The topological polar surface area (TPSA) is 55.1 Å². The number of nitrogens with one attached hydrogen (secondary N) is 1. The molecule has 1 amide bonds. The van der Waals surface area contributed by atoms with Crippen molar-refractivity contribution in [3.63, 3.8) is 0 Å². The van der Waals surface area contributed by atoms with Gasteiger partial charge in [-0.1, -0.05) is 45.4 Å². The van der Waals surface area contributed by atoms with Crippen molar-refractivity contribution < 1.29 is 4.79 Å². The van der Waals surface area contributed by atoms with Crippen LogP contribution in [0.4, 0.5) is 0 Å². The highest BCUT2D eigenvalue weighted by atomic mass is 16.1. The molecule has 1 aliphatic carbocycles. The van der Waals surface area contributed by atoms with Gasteiger partial charge < -0.3 is 11.1 Å². The second kappa shape index (κ2) is 6.55. The Balaban J connectivity index is 1.68. The SMILES string of the molecule is CC1CCC(CC[C@@H]2CCN[C@H](C(N)=O)C2)CC1. The molecule has 0 aromatic carbocycles. The highest BCUT2D eigenvalue weighted by Gasteiger charge is 2.26. The third-order valence-corrected chi connectivity index (χ3v) is 4.97. The first-order valence-electron chi connectivity index (χ1n) is 7.68. The van der Waals surface area contributed by atoms with E-state index in [0.29, 0.717) is 5.92 Å². The minimum absolute atomic E-state index is 0.0740. The van der Waals surface area contributed by atoms with Crippen molar-refractivity contribution in [3.8, 4) is 0 Å². The zero-order valence-corrected chi connectivity index (χ0v) is 11.7. The van der Waals surface area contributed by atoms with E-state index in [-0.39, 0.29) is 11.9 Å². The van der Waals surface area contributed by atoms with Crippen LogP contribution in [0.3, 0.4) is 0 Å². The maximum Gasteiger partial charge on any atom is 0.234 e. The molecule has 104 valence electrons. The van der Waals surface area contributed by atoms with Gasteiger partial charge in [0.2, 0.25) is 5.91 Å². The first-order chi connectivity index (χ1) is 8.65. The summed E-state index contributed by atoms with van der Waals surface area (Å²) < 4.78 is 0. The predicted molar refractivity (Wildman–Crippen MR) is 74.1 cm³/mol. The fourth-order valence-corrected chi connectivity index (χ4v) is 3.56. The largest absolute Gasteiger partial charge is 0.368 e. The first kappa shape index (κ1) is 13.9. The number of piperidine rings is 1. The average molecular weight is 252 g/mol. The van der Waals surface area contributed by atoms with Crippen LogP contribution in [0, 0.1) is 17.8 Å². The molecule has 1 aliphatic heterocycles. The summed E-state index contributed by atoms with van der Waals surface area (Å²) in [6, 6.07) is -0.0740. The molecule has 0 radical (unpaired) electrons. The van der Waals surface area contributed by atoms with Crippen molar-refractivity contribution in [2.75, 3.05) is 6.54 Å². The van der Waals surface area contributed by atoms with E-state index in [4.69, 9.17) is 5.73 Å². The summed E-state index contributed by atoms with van der Waals surface area (Å²) in [6.45, 7) is 3.33. The lowest BCUT2D eigenvalue weighted by molar-refractivity contribution is -0.120. The second-order valence-corrected chi connectivity index (χ2v) is 6.50. The molecule has 0 unspecified atom stereocenters. The summed E-state index contributed by atoms with van der Waals surface area (Å²) in [5.41, 5.74) is 5.38. The van der Waals surface area contributed by atoms with E-state index >= 15 is 0 Å². The van der Waals surface area contributed by atoms with Gasteiger partial charge in [-0.25, -0.2) is 0 Å². The van der Waals surface area contributed by atoms with Crippen LogP contribution >= 0.6 is 0 Å². The standard InChI is InChI=1S/C15H28N2O/c1-11-2-4-12(5-3-11)6-7-13-8-9-17-14(10-13)15(16)18/h11-14,17H,2-10H2,1H3,(H2,16,18)/t11?,12?,13-,14+/m1/s1. The third-order valence-electron chi connectivity index (χ3n) is 4.97. The number of nitrogens with two attached hydrogens (primary N) is 1. The lowest BCUT2D eigenvalue weighted by Gasteiger charge is -2.31. The second-order valence-electron chi connectivity index (χ2n) is 6.50. The van der Waals surface area contributed by atoms with Crippen LogP contribution in [0.1, 0.15) is 58.3 Å². The summed E-state index contributed by atoms with van der Waals surface area (Å²) in [7, 11) is 0. The maximum absolute atomic E-state index is 11.2. The van der Waals surface area contributed by atoms with Gasteiger partial charge in [-0.15, -0.1) is 0 Å². The molecule has 3 nitrogen and oxygen atoms in total. The van der Waals surface area contributed by atoms with Crippen LogP contribution in [0.2, 0.25) is 0 Å². The minimum Gasteiger partial charge on any atom is -0.368 e. The molecule has 3 N–H and O–H groups in total. The van der Waals surface area contributed by atoms with E-state index in [9.17, 15) is 4.79 Å². The highest BCUT2D eigenvalue weighted by molar-refractivity contribution is 5.79. The average Bonchev–Trinajstić information content (AvgIpc) is 2.38. The fraction of sp³-hybridized carbons (Fsp3) is 0.933. The molecule has 2 rings (SSSR count). The van der Waals surface area contributed by atoms with Crippen molar-refractivity contribution in [2.24, 2.45) is 23.5 Å². The number of carbonyl (C=O) groups excluding carboxylic acids is 1. The lowest BCUT2D eigenvalue weighted by Crippen LogP contribution is -2.46. The molecule has 2 atom stereocenters. The van der Waals surface area contributed by atoms with Gasteiger partial charge in [-0.05, 0) is 37.1 Å². The van der Waals surface area contributed by atoms with Crippen molar-refractivity contribution in [1.29, 1.82) is 0 Å². The van der Waals surface area contributed by atoms with E-state index in [2.05, 4.69) is 12.2 Å². The molecule has 0 spiro atoms. The van der Waals surface area contributed by atoms with Crippen LogP contribution in [-0.2, 0) is 4.79 Å². The van der Waals surface area contributed by atoms with E-state index in [0.717, 1.165) is 24.8 Å². The Kier molecular flexibility index (Phi) is 5.04.